The molecule has 0 aliphatic carbocycles. The van der Waals surface area contributed by atoms with E-state index < -0.39 is 0 Å². The van der Waals surface area contributed by atoms with Gasteiger partial charge in [-0.25, -0.2) is 0 Å². The van der Waals surface area contributed by atoms with E-state index in [1.165, 1.54) is 45.1 Å². The van der Waals surface area contributed by atoms with Crippen molar-refractivity contribution in [1.82, 2.24) is 3.11 Å². The van der Waals surface area contributed by atoms with Crippen molar-refractivity contribution in [2.45, 2.75) is 45.4 Å². The van der Waals surface area contributed by atoms with Crippen LogP contribution in [0.15, 0.2) is 0 Å². The van der Waals surface area contributed by atoms with Crippen LogP contribution < -0.4 is 0 Å². The second kappa shape index (κ2) is 8.78. The molecule has 0 bridgehead atoms. The molecule has 0 aromatic carbocycles. The van der Waals surface area contributed by atoms with Crippen LogP contribution in [0.1, 0.15) is 45.4 Å². The monoisotopic (exact) mass is 269 g/mol. The second-order valence-electron chi connectivity index (χ2n) is 3.10. The molecule has 0 saturated heterocycles. The van der Waals surface area contributed by atoms with Gasteiger partial charge in [-0.2, -0.15) is 0 Å². The highest BCUT2D eigenvalue weighted by molar-refractivity contribution is 14.1. The van der Waals surface area contributed by atoms with Crippen molar-refractivity contribution in [1.29, 1.82) is 0 Å². The van der Waals surface area contributed by atoms with Crippen LogP contribution in [0.25, 0.3) is 0 Å². The quantitative estimate of drug-likeness (QED) is 0.387. The first-order chi connectivity index (χ1) is 5.27. The Balaban J connectivity index is 2.80. The van der Waals surface area contributed by atoms with Gasteiger partial charge in [-0.1, -0.05) is 39.0 Å². The highest BCUT2D eigenvalue weighted by Gasteiger charge is 1.91. The third kappa shape index (κ3) is 10.7. The lowest BCUT2D eigenvalue weighted by Gasteiger charge is -2.05. The summed E-state index contributed by atoms with van der Waals surface area (Å²) in [6.07, 6.45) is 8.41. The van der Waals surface area contributed by atoms with Gasteiger partial charge in [0.2, 0.25) is 0 Å². The Hall–Kier alpha value is 0.690. The smallest absolute Gasteiger partial charge is 0.0198 e. The molecule has 0 spiro atoms. The van der Waals surface area contributed by atoms with Gasteiger partial charge in [0.15, 0.2) is 0 Å². The summed E-state index contributed by atoms with van der Waals surface area (Å²) in [7, 11) is 2.13. The number of nitrogens with zero attached hydrogens (tertiary/aromatic N) is 1. The SMILES string of the molecule is CCCCCCCCN(C)I. The molecule has 1 nitrogen and oxygen atoms in total. The van der Waals surface area contributed by atoms with Crippen molar-refractivity contribution in [2.24, 2.45) is 0 Å². The predicted octanol–water partition coefficient (Wildman–Crippen LogP) is 3.63. The van der Waals surface area contributed by atoms with Crippen LogP contribution in [0.2, 0.25) is 0 Å². The molecule has 11 heavy (non-hydrogen) atoms. The second-order valence-corrected chi connectivity index (χ2v) is 4.74. The standard InChI is InChI=1S/C9H20IN/c1-3-4-5-6-7-8-9-11(2)10/h3-9H2,1-2H3. The molecule has 0 amide bonds. The van der Waals surface area contributed by atoms with Crippen molar-refractivity contribution >= 4 is 22.9 Å². The van der Waals surface area contributed by atoms with Crippen LogP contribution in [-0.4, -0.2) is 16.7 Å². The van der Waals surface area contributed by atoms with E-state index in [9.17, 15) is 0 Å². The Morgan fingerprint density at radius 3 is 2.09 bits per heavy atom. The van der Waals surface area contributed by atoms with Crippen LogP contribution >= 0.6 is 22.9 Å². The molecule has 0 radical (unpaired) electrons. The van der Waals surface area contributed by atoms with Crippen molar-refractivity contribution < 1.29 is 0 Å². The van der Waals surface area contributed by atoms with Gasteiger partial charge < -0.3 is 0 Å². The molecule has 0 N–H and O–H groups in total. The van der Waals surface area contributed by atoms with Gasteiger partial charge >= 0.3 is 0 Å². The number of hydrogen-bond donors (Lipinski definition) is 0. The van der Waals surface area contributed by atoms with E-state index in [4.69, 9.17) is 0 Å². The Morgan fingerprint density at radius 1 is 1.00 bits per heavy atom. The van der Waals surface area contributed by atoms with Crippen LogP contribution in [0.5, 0.6) is 0 Å². The molecule has 0 rings (SSSR count). The minimum Gasteiger partial charge on any atom is -0.251 e. The first kappa shape index (κ1) is 11.7. The maximum absolute atomic E-state index is 2.34. The van der Waals surface area contributed by atoms with Crippen molar-refractivity contribution in [3.8, 4) is 0 Å². The van der Waals surface area contributed by atoms with Gasteiger partial charge in [0.1, 0.15) is 0 Å². The average molecular weight is 269 g/mol. The summed E-state index contributed by atoms with van der Waals surface area (Å²) in [6, 6.07) is 0. The van der Waals surface area contributed by atoms with E-state index in [0.717, 1.165) is 0 Å². The molecule has 0 saturated carbocycles. The summed E-state index contributed by atoms with van der Waals surface area (Å²) in [6.45, 7) is 3.51. The molecule has 0 heterocycles. The first-order valence-electron chi connectivity index (χ1n) is 4.64. The maximum Gasteiger partial charge on any atom is 0.0198 e. The summed E-state index contributed by atoms with van der Waals surface area (Å²) in [5, 5.41) is 0. The van der Waals surface area contributed by atoms with E-state index in [1.54, 1.807) is 0 Å². The number of hydrogen-bond acceptors (Lipinski definition) is 1. The zero-order valence-corrected chi connectivity index (χ0v) is 9.93. The lowest BCUT2D eigenvalue weighted by molar-refractivity contribution is 0.532. The minimum atomic E-state index is 1.24. The van der Waals surface area contributed by atoms with E-state index in [0.29, 0.717) is 0 Å². The Morgan fingerprint density at radius 2 is 1.55 bits per heavy atom. The lowest BCUT2D eigenvalue weighted by Crippen LogP contribution is -2.04. The van der Waals surface area contributed by atoms with Gasteiger partial charge in [-0.05, 0) is 13.5 Å². The third-order valence-electron chi connectivity index (χ3n) is 1.82. The Labute approximate surface area is 85.0 Å². The maximum atomic E-state index is 2.34. The van der Waals surface area contributed by atoms with Crippen LogP contribution in [0.4, 0.5) is 0 Å². The molecule has 68 valence electrons. The number of unbranched alkanes of at least 4 members (excludes halogenated alkanes) is 5. The van der Waals surface area contributed by atoms with Crippen molar-refractivity contribution in [3.05, 3.63) is 0 Å². The molecule has 0 aliphatic heterocycles. The lowest BCUT2D eigenvalue weighted by atomic mass is 10.1. The summed E-state index contributed by atoms with van der Waals surface area (Å²) in [4.78, 5) is 0. The zero-order valence-electron chi connectivity index (χ0n) is 7.77. The van der Waals surface area contributed by atoms with E-state index >= 15 is 0 Å². The minimum absolute atomic E-state index is 1.24. The number of halogens is 1. The third-order valence-corrected chi connectivity index (χ3v) is 2.30. The highest BCUT2D eigenvalue weighted by atomic mass is 127. The molecule has 0 aromatic heterocycles. The topological polar surface area (TPSA) is 3.24 Å². The fourth-order valence-electron chi connectivity index (χ4n) is 1.11. The Bertz CT molecular complexity index is 74.0. The Kier molecular flexibility index (Phi) is 9.33. The van der Waals surface area contributed by atoms with Crippen LogP contribution in [-0.2, 0) is 0 Å². The van der Waals surface area contributed by atoms with E-state index in [1.807, 2.05) is 0 Å². The number of rotatable bonds is 7. The predicted molar refractivity (Wildman–Crippen MR) is 60.0 cm³/mol. The van der Waals surface area contributed by atoms with Crippen LogP contribution in [0.3, 0.4) is 0 Å². The average Bonchev–Trinajstić information content (AvgIpc) is 1.96. The molecule has 2 heteroatoms. The molecule has 0 atom stereocenters. The summed E-state index contributed by atoms with van der Waals surface area (Å²) in [5.41, 5.74) is 0. The fraction of sp³-hybridized carbons (Fsp3) is 1.00. The molecule has 0 unspecified atom stereocenters. The van der Waals surface area contributed by atoms with Crippen LogP contribution in [0, 0.1) is 0 Å². The van der Waals surface area contributed by atoms with E-state index in [-0.39, 0.29) is 0 Å². The molecule has 0 fully saturated rings. The largest absolute Gasteiger partial charge is 0.251 e. The fourth-order valence-corrected chi connectivity index (χ4v) is 1.45. The van der Waals surface area contributed by atoms with Gasteiger partial charge in [0.05, 0.1) is 0 Å². The normalized spacial score (nSPS) is 10.9. The van der Waals surface area contributed by atoms with Gasteiger partial charge in [0, 0.05) is 29.4 Å². The first-order valence-corrected chi connectivity index (χ1v) is 5.60. The van der Waals surface area contributed by atoms with E-state index in [2.05, 4.69) is 39.9 Å². The molecule has 0 aliphatic rings. The summed E-state index contributed by atoms with van der Waals surface area (Å²) >= 11 is 2.34. The highest BCUT2D eigenvalue weighted by Crippen LogP contribution is 2.06. The zero-order chi connectivity index (χ0) is 8.53. The van der Waals surface area contributed by atoms with Crippen molar-refractivity contribution in [2.75, 3.05) is 13.6 Å². The molecular weight excluding hydrogens is 249 g/mol. The molecular formula is C9H20IN. The summed E-state index contributed by atoms with van der Waals surface area (Å²) < 4.78 is 2.23. The van der Waals surface area contributed by atoms with Gasteiger partial charge in [0.25, 0.3) is 0 Å². The van der Waals surface area contributed by atoms with Gasteiger partial charge in [-0.15, -0.1) is 0 Å². The molecule has 0 aromatic rings. The summed E-state index contributed by atoms with van der Waals surface area (Å²) in [5.74, 6) is 0. The van der Waals surface area contributed by atoms with Gasteiger partial charge in [-0.3, -0.25) is 3.11 Å². The van der Waals surface area contributed by atoms with Crippen molar-refractivity contribution in [3.63, 3.8) is 0 Å².